The van der Waals surface area contributed by atoms with E-state index >= 15 is 0 Å². The molecule has 0 bridgehead atoms. The van der Waals surface area contributed by atoms with Crippen molar-refractivity contribution in [3.63, 3.8) is 0 Å². The summed E-state index contributed by atoms with van der Waals surface area (Å²) < 4.78 is 0. The molecule has 3 aromatic heterocycles. The second kappa shape index (κ2) is 10.3. The summed E-state index contributed by atoms with van der Waals surface area (Å²) in [5, 5.41) is 18.7. The number of piperazine rings is 1. The maximum atomic E-state index is 10.7. The van der Waals surface area contributed by atoms with Crippen molar-refractivity contribution in [2.45, 2.75) is 13.2 Å². The average molecular weight is 513 g/mol. The van der Waals surface area contributed by atoms with Gasteiger partial charge in [-0.3, -0.25) is 4.90 Å². The van der Waals surface area contributed by atoms with E-state index in [9.17, 15) is 5.11 Å². The molecule has 37 heavy (non-hydrogen) atoms. The lowest BCUT2D eigenvalue weighted by atomic mass is 10.1. The quantitative estimate of drug-likeness (QED) is 0.240. The Balaban J connectivity index is 1.20. The number of likely N-dealkylation sites (N-methyl/N-ethyl adjacent to an activating group) is 1. The second-order valence-electron chi connectivity index (χ2n) is 9.44. The van der Waals surface area contributed by atoms with E-state index in [2.05, 4.69) is 56.2 Å². The van der Waals surface area contributed by atoms with Gasteiger partial charge in [0.1, 0.15) is 0 Å². The van der Waals surface area contributed by atoms with E-state index in [0.717, 1.165) is 71.5 Å². The van der Waals surface area contributed by atoms with Crippen LogP contribution < -0.4 is 0 Å². The summed E-state index contributed by atoms with van der Waals surface area (Å²) in [5.74, 6) is 0.0995. The largest absolute Gasteiger partial charge is 0.494 e. The molecule has 1 aliphatic rings. The van der Waals surface area contributed by atoms with E-state index in [0.29, 0.717) is 12.2 Å². The lowest BCUT2D eigenvalue weighted by Crippen LogP contribution is -2.43. The molecule has 1 fully saturated rings. The van der Waals surface area contributed by atoms with E-state index < -0.39 is 0 Å². The van der Waals surface area contributed by atoms with E-state index in [1.807, 2.05) is 29.6 Å². The number of hydrogen-bond acceptors (Lipinski definition) is 8. The molecule has 0 aliphatic carbocycles. The number of H-pyrrole nitrogens is 1. The summed E-state index contributed by atoms with van der Waals surface area (Å²) in [5.41, 5.74) is 7.92. The van der Waals surface area contributed by atoms with Gasteiger partial charge >= 0.3 is 0 Å². The number of pyridine rings is 1. The third-order valence-electron chi connectivity index (χ3n) is 6.79. The fraction of sp³-hybridized carbons (Fsp3) is 0.250. The Kier molecular flexibility index (Phi) is 6.57. The molecule has 4 heterocycles. The number of oxime groups is 1. The lowest BCUT2D eigenvalue weighted by Gasteiger charge is -2.32. The second-order valence-corrected chi connectivity index (χ2v) is 10.2. The number of aromatic amines is 1. The minimum Gasteiger partial charge on any atom is -0.494 e. The first kappa shape index (κ1) is 23.6. The van der Waals surface area contributed by atoms with E-state index in [1.165, 1.54) is 16.9 Å². The maximum absolute atomic E-state index is 10.7. The molecule has 0 atom stereocenters. The molecule has 0 unspecified atom stereocenters. The Morgan fingerprint density at radius 2 is 2.00 bits per heavy atom. The molecule has 8 nitrogen and oxygen atoms in total. The van der Waals surface area contributed by atoms with E-state index in [1.54, 1.807) is 11.7 Å². The van der Waals surface area contributed by atoms with Gasteiger partial charge in [0.15, 0.2) is 12.5 Å². The predicted octanol–water partition coefficient (Wildman–Crippen LogP) is 4.84. The zero-order chi connectivity index (χ0) is 25.2. The fourth-order valence-electron chi connectivity index (χ4n) is 4.73. The Morgan fingerprint density at radius 3 is 2.84 bits per heavy atom. The highest BCUT2D eigenvalue weighted by Gasteiger charge is 2.16. The number of hydrogen-bond donors (Lipinski definition) is 2. The SMILES string of the molecule is CN1CCN(Cc2ccc3nc(-c4c(O)[nH]c5cc(C=NOCc6cscn6)ccc45)ccc3c2)CC1. The molecule has 1 aliphatic heterocycles. The van der Waals surface area contributed by atoms with Gasteiger partial charge in [0.05, 0.1) is 34.2 Å². The van der Waals surface area contributed by atoms with Crippen LogP contribution in [0.2, 0.25) is 0 Å². The summed E-state index contributed by atoms with van der Waals surface area (Å²) in [4.78, 5) is 22.3. The van der Waals surface area contributed by atoms with Crippen molar-refractivity contribution >= 4 is 39.4 Å². The molecule has 5 aromatic rings. The van der Waals surface area contributed by atoms with Crippen LogP contribution in [-0.4, -0.2) is 69.3 Å². The Morgan fingerprint density at radius 1 is 1.11 bits per heavy atom. The van der Waals surface area contributed by atoms with Crippen molar-refractivity contribution < 1.29 is 9.94 Å². The molecular formula is C28H28N6O2S. The summed E-state index contributed by atoms with van der Waals surface area (Å²) in [6.07, 6.45) is 1.65. The zero-order valence-corrected chi connectivity index (χ0v) is 21.4. The first-order valence-corrected chi connectivity index (χ1v) is 13.2. The van der Waals surface area contributed by atoms with Crippen molar-refractivity contribution in [1.29, 1.82) is 0 Å². The standard InChI is InChI=1S/C28H28N6O2S/c1-33-8-10-34(11-9-33)15-20-3-6-24-21(12-20)4-7-25(31-24)27-23-5-2-19(13-26(23)32-28(27)35)14-30-36-16-22-17-37-18-29-22/h2-7,12-14,17-18,32,35H,8-11,15-16H2,1H3. The zero-order valence-electron chi connectivity index (χ0n) is 20.6. The Hall–Kier alpha value is -3.79. The number of thiazole rings is 1. The number of nitrogens with one attached hydrogen (secondary N) is 1. The van der Waals surface area contributed by atoms with Crippen LogP contribution in [0, 0.1) is 0 Å². The van der Waals surface area contributed by atoms with Crippen LogP contribution >= 0.6 is 11.3 Å². The summed E-state index contributed by atoms with van der Waals surface area (Å²) in [6, 6.07) is 16.4. The van der Waals surface area contributed by atoms with Crippen LogP contribution in [0.1, 0.15) is 16.8 Å². The minimum absolute atomic E-state index is 0.0995. The van der Waals surface area contributed by atoms with E-state index in [4.69, 9.17) is 9.82 Å². The third kappa shape index (κ3) is 5.20. The lowest BCUT2D eigenvalue weighted by molar-refractivity contribution is 0.130. The fourth-order valence-corrected chi connectivity index (χ4v) is 5.27. The highest BCUT2D eigenvalue weighted by Crippen LogP contribution is 2.36. The molecule has 2 aromatic carbocycles. The highest BCUT2D eigenvalue weighted by molar-refractivity contribution is 7.07. The van der Waals surface area contributed by atoms with Gasteiger partial charge in [-0.25, -0.2) is 9.97 Å². The molecule has 6 rings (SSSR count). The monoisotopic (exact) mass is 512 g/mol. The molecule has 0 amide bonds. The first-order chi connectivity index (χ1) is 18.1. The normalized spacial score (nSPS) is 15.3. The van der Waals surface area contributed by atoms with Crippen molar-refractivity contribution in [3.05, 3.63) is 76.2 Å². The first-order valence-electron chi connectivity index (χ1n) is 12.3. The third-order valence-corrected chi connectivity index (χ3v) is 7.42. The van der Waals surface area contributed by atoms with Crippen LogP contribution in [0.15, 0.2) is 64.6 Å². The Bertz CT molecular complexity index is 1550. The number of aromatic hydroxyl groups is 1. The highest BCUT2D eigenvalue weighted by atomic mass is 32.1. The number of rotatable bonds is 7. The molecule has 2 N–H and O–H groups in total. The number of fused-ring (bicyclic) bond motifs is 2. The predicted molar refractivity (Wildman–Crippen MR) is 148 cm³/mol. The average Bonchev–Trinajstić information content (AvgIpc) is 3.54. The van der Waals surface area contributed by atoms with E-state index in [-0.39, 0.29) is 5.88 Å². The van der Waals surface area contributed by atoms with Gasteiger partial charge in [-0.2, -0.15) is 0 Å². The summed E-state index contributed by atoms with van der Waals surface area (Å²) >= 11 is 1.53. The molecule has 188 valence electrons. The molecule has 0 radical (unpaired) electrons. The molecule has 0 spiro atoms. The molecule has 1 saturated heterocycles. The molecule has 0 saturated carbocycles. The Labute approximate surface area is 218 Å². The summed E-state index contributed by atoms with van der Waals surface area (Å²) in [6.45, 7) is 5.71. The summed E-state index contributed by atoms with van der Waals surface area (Å²) in [7, 11) is 2.18. The number of nitrogens with zero attached hydrogens (tertiary/aromatic N) is 5. The topological polar surface area (TPSA) is 89.9 Å². The van der Waals surface area contributed by atoms with Crippen LogP contribution in [0.5, 0.6) is 5.88 Å². The number of aromatic nitrogens is 3. The van der Waals surface area contributed by atoms with Gasteiger partial charge < -0.3 is 19.8 Å². The van der Waals surface area contributed by atoms with Crippen molar-refractivity contribution in [2.75, 3.05) is 33.2 Å². The van der Waals surface area contributed by atoms with Crippen LogP contribution in [0.3, 0.4) is 0 Å². The van der Waals surface area contributed by atoms with Gasteiger partial charge in [-0.05, 0) is 42.4 Å². The van der Waals surface area contributed by atoms with Gasteiger partial charge in [0.25, 0.3) is 0 Å². The van der Waals surface area contributed by atoms with Crippen molar-refractivity contribution in [1.82, 2.24) is 24.8 Å². The van der Waals surface area contributed by atoms with Gasteiger partial charge in [0, 0.05) is 54.4 Å². The van der Waals surface area contributed by atoms with Crippen LogP contribution in [0.4, 0.5) is 0 Å². The van der Waals surface area contributed by atoms with Crippen LogP contribution in [0.25, 0.3) is 33.1 Å². The number of benzene rings is 2. The van der Waals surface area contributed by atoms with Gasteiger partial charge in [-0.1, -0.05) is 29.4 Å². The van der Waals surface area contributed by atoms with Crippen molar-refractivity contribution in [2.24, 2.45) is 5.16 Å². The minimum atomic E-state index is 0.0995. The van der Waals surface area contributed by atoms with Gasteiger partial charge in [0.2, 0.25) is 0 Å². The smallest absolute Gasteiger partial charge is 0.199 e. The van der Waals surface area contributed by atoms with Crippen molar-refractivity contribution in [3.8, 4) is 17.1 Å². The molecule has 9 heteroatoms. The molecular weight excluding hydrogens is 484 g/mol. The van der Waals surface area contributed by atoms with Gasteiger partial charge in [-0.15, -0.1) is 11.3 Å². The van der Waals surface area contributed by atoms with Crippen LogP contribution in [-0.2, 0) is 18.0 Å². The maximum Gasteiger partial charge on any atom is 0.199 e.